The fourth-order valence-corrected chi connectivity index (χ4v) is 5.55. The van der Waals surface area contributed by atoms with Gasteiger partial charge in [-0.05, 0) is 50.7 Å². The second kappa shape index (κ2) is 12.3. The zero-order chi connectivity index (χ0) is 28.1. The van der Waals surface area contributed by atoms with E-state index in [-0.39, 0.29) is 42.0 Å². The van der Waals surface area contributed by atoms with Crippen molar-refractivity contribution < 1.29 is 19.5 Å². The van der Waals surface area contributed by atoms with Crippen LogP contribution in [0.25, 0.3) is 0 Å². The van der Waals surface area contributed by atoms with E-state index in [1.165, 1.54) is 18.5 Å². The van der Waals surface area contributed by atoms with Gasteiger partial charge in [0.05, 0.1) is 24.3 Å². The molecule has 40 heavy (non-hydrogen) atoms. The Morgan fingerprint density at radius 1 is 1.05 bits per heavy atom. The van der Waals surface area contributed by atoms with Crippen LogP contribution in [0.3, 0.4) is 0 Å². The van der Waals surface area contributed by atoms with Crippen LogP contribution in [0.4, 0.5) is 0 Å². The van der Waals surface area contributed by atoms with Crippen molar-refractivity contribution in [1.82, 2.24) is 34.9 Å². The van der Waals surface area contributed by atoms with E-state index in [0.717, 1.165) is 18.4 Å². The van der Waals surface area contributed by atoms with E-state index in [0.29, 0.717) is 50.5 Å². The summed E-state index contributed by atoms with van der Waals surface area (Å²) < 4.78 is 1.76. The molecule has 2 N–H and O–H groups in total. The van der Waals surface area contributed by atoms with Crippen LogP contribution in [0.15, 0.2) is 48.8 Å². The number of aromatic nitrogens is 4. The predicted octanol–water partition coefficient (Wildman–Crippen LogP) is 2.40. The molecule has 0 spiro atoms. The first kappa shape index (κ1) is 27.3. The number of carbonyl (C=O) groups is 3. The number of hydrogen-bond donors (Lipinski definition) is 2. The standard InChI is InChI=1S/C29H35N7O4/c1-20-31-27-23(18-21-8-3-2-4-9-21)32-28(39)24-10-5-6-15-35(24)26(38)11-7-14-34(16-17-36(27)33-20)29(40)22-12-13-30-19-25(22)37/h2-4,8-9,12-13,19,23-24,37H,5-7,10-11,14-18H2,1H3,(H,32,39)/t23-,24+/m1/s1. The Hall–Kier alpha value is -4.28. The van der Waals surface area contributed by atoms with E-state index in [9.17, 15) is 19.5 Å². The molecular formula is C29H35N7O4. The van der Waals surface area contributed by atoms with Gasteiger partial charge in [-0.2, -0.15) is 5.10 Å². The molecule has 2 aliphatic heterocycles. The third-order valence-corrected chi connectivity index (χ3v) is 7.56. The molecule has 0 saturated carbocycles. The lowest BCUT2D eigenvalue weighted by Gasteiger charge is -2.36. The quantitative estimate of drug-likeness (QED) is 0.516. The SMILES string of the molecule is Cc1nc2n(n1)CCN(C(=O)c1ccncc1O)CCCC(=O)N1CCCC[C@H]1C(=O)N[C@@H]2Cc1ccccc1. The summed E-state index contributed by atoms with van der Waals surface area (Å²) in [5.41, 5.74) is 1.19. The van der Waals surface area contributed by atoms with E-state index in [2.05, 4.69) is 15.4 Å². The maximum absolute atomic E-state index is 13.7. The number of pyridine rings is 1. The van der Waals surface area contributed by atoms with Crippen molar-refractivity contribution in [3.63, 3.8) is 0 Å². The van der Waals surface area contributed by atoms with Crippen molar-refractivity contribution in [2.45, 2.75) is 64.1 Å². The second-order valence-corrected chi connectivity index (χ2v) is 10.4. The molecule has 11 nitrogen and oxygen atoms in total. The Morgan fingerprint density at radius 3 is 2.67 bits per heavy atom. The van der Waals surface area contributed by atoms with E-state index in [1.54, 1.807) is 21.4 Å². The molecule has 2 aromatic heterocycles. The highest BCUT2D eigenvalue weighted by molar-refractivity contribution is 5.96. The summed E-state index contributed by atoms with van der Waals surface area (Å²) in [6, 6.07) is 10.3. The minimum absolute atomic E-state index is 0.0883. The van der Waals surface area contributed by atoms with Gasteiger partial charge in [-0.1, -0.05) is 30.3 Å². The van der Waals surface area contributed by atoms with Crippen LogP contribution in [0, 0.1) is 6.92 Å². The van der Waals surface area contributed by atoms with Gasteiger partial charge in [-0.25, -0.2) is 9.67 Å². The third-order valence-electron chi connectivity index (χ3n) is 7.56. The molecule has 0 bridgehead atoms. The van der Waals surface area contributed by atoms with E-state index in [4.69, 9.17) is 4.98 Å². The van der Waals surface area contributed by atoms with Gasteiger partial charge in [-0.3, -0.25) is 19.4 Å². The van der Waals surface area contributed by atoms with Gasteiger partial charge < -0.3 is 20.2 Å². The molecule has 0 radical (unpaired) electrons. The fourth-order valence-electron chi connectivity index (χ4n) is 5.55. The molecule has 210 valence electrons. The number of benzene rings is 1. The molecule has 3 aromatic rings. The molecular weight excluding hydrogens is 510 g/mol. The molecule has 11 heteroatoms. The number of piperidine rings is 1. The average Bonchev–Trinajstić information content (AvgIpc) is 3.34. The first-order valence-corrected chi connectivity index (χ1v) is 13.9. The van der Waals surface area contributed by atoms with Crippen LogP contribution < -0.4 is 5.32 Å². The van der Waals surface area contributed by atoms with Gasteiger partial charge >= 0.3 is 0 Å². The fraction of sp³-hybridized carbons (Fsp3) is 0.448. The maximum atomic E-state index is 13.7. The second-order valence-electron chi connectivity index (χ2n) is 10.4. The molecule has 5 rings (SSSR count). The Morgan fingerprint density at radius 2 is 1.88 bits per heavy atom. The number of amides is 3. The van der Waals surface area contributed by atoms with E-state index in [1.807, 2.05) is 30.3 Å². The van der Waals surface area contributed by atoms with Crippen molar-refractivity contribution in [1.29, 1.82) is 0 Å². The lowest BCUT2D eigenvalue weighted by atomic mass is 9.99. The molecule has 0 unspecified atom stereocenters. The topological polar surface area (TPSA) is 134 Å². The minimum atomic E-state index is -0.550. The largest absolute Gasteiger partial charge is 0.505 e. The van der Waals surface area contributed by atoms with Gasteiger partial charge in [0, 0.05) is 32.3 Å². The van der Waals surface area contributed by atoms with Crippen molar-refractivity contribution in [3.05, 3.63) is 71.6 Å². The van der Waals surface area contributed by atoms with Crippen LogP contribution in [-0.4, -0.2) is 78.1 Å². The van der Waals surface area contributed by atoms with Gasteiger partial charge in [0.2, 0.25) is 11.8 Å². The van der Waals surface area contributed by atoms with Crippen LogP contribution >= 0.6 is 0 Å². The summed E-state index contributed by atoms with van der Waals surface area (Å²) in [5.74, 6) is 0.355. The first-order valence-electron chi connectivity index (χ1n) is 13.9. The predicted molar refractivity (Wildman–Crippen MR) is 146 cm³/mol. The number of aromatic hydroxyl groups is 1. The van der Waals surface area contributed by atoms with Crippen molar-refractivity contribution in [2.75, 3.05) is 19.6 Å². The zero-order valence-corrected chi connectivity index (χ0v) is 22.7. The number of nitrogens with zero attached hydrogens (tertiary/aromatic N) is 6. The lowest BCUT2D eigenvalue weighted by molar-refractivity contribution is -0.142. The Labute approximate surface area is 233 Å². The van der Waals surface area contributed by atoms with Crippen LogP contribution in [0.2, 0.25) is 0 Å². The first-order chi connectivity index (χ1) is 19.4. The van der Waals surface area contributed by atoms with Gasteiger partial charge in [0.15, 0.2) is 0 Å². The molecule has 1 fully saturated rings. The van der Waals surface area contributed by atoms with Gasteiger partial charge in [0.1, 0.15) is 23.4 Å². The number of rotatable bonds is 3. The van der Waals surface area contributed by atoms with E-state index >= 15 is 0 Å². The number of carbonyl (C=O) groups excluding carboxylic acids is 3. The summed E-state index contributed by atoms with van der Waals surface area (Å²) in [6.45, 7) is 3.26. The molecule has 1 aromatic carbocycles. The minimum Gasteiger partial charge on any atom is -0.505 e. The van der Waals surface area contributed by atoms with Crippen LogP contribution in [0.1, 0.15) is 65.7 Å². The average molecular weight is 546 g/mol. The van der Waals surface area contributed by atoms with Crippen molar-refractivity contribution in [2.24, 2.45) is 0 Å². The highest BCUT2D eigenvalue weighted by Gasteiger charge is 2.34. The summed E-state index contributed by atoms with van der Waals surface area (Å²) in [7, 11) is 0. The Balaban J connectivity index is 1.50. The van der Waals surface area contributed by atoms with Crippen molar-refractivity contribution >= 4 is 17.7 Å². The smallest absolute Gasteiger partial charge is 0.257 e. The monoisotopic (exact) mass is 545 g/mol. The summed E-state index contributed by atoms with van der Waals surface area (Å²) in [5, 5.41) is 18.1. The van der Waals surface area contributed by atoms with Gasteiger partial charge in [0.25, 0.3) is 5.91 Å². The Bertz CT molecular complexity index is 1360. The van der Waals surface area contributed by atoms with Crippen LogP contribution in [-0.2, 0) is 22.6 Å². The summed E-state index contributed by atoms with van der Waals surface area (Å²) >= 11 is 0. The molecule has 0 aliphatic carbocycles. The normalized spacial score (nSPS) is 20.7. The van der Waals surface area contributed by atoms with Crippen LogP contribution in [0.5, 0.6) is 5.75 Å². The van der Waals surface area contributed by atoms with Gasteiger partial charge in [-0.15, -0.1) is 0 Å². The summed E-state index contributed by atoms with van der Waals surface area (Å²) in [4.78, 5) is 52.4. The highest BCUT2D eigenvalue weighted by atomic mass is 16.3. The number of nitrogens with one attached hydrogen (secondary N) is 1. The molecule has 3 amide bonds. The third kappa shape index (κ3) is 6.13. The molecule has 4 heterocycles. The Kier molecular flexibility index (Phi) is 8.37. The lowest BCUT2D eigenvalue weighted by Crippen LogP contribution is -2.53. The number of aryl methyl sites for hydroxylation is 1. The van der Waals surface area contributed by atoms with E-state index < -0.39 is 12.1 Å². The molecule has 1 saturated heterocycles. The molecule has 2 aliphatic rings. The maximum Gasteiger partial charge on any atom is 0.257 e. The summed E-state index contributed by atoms with van der Waals surface area (Å²) in [6.07, 6.45) is 6.19. The zero-order valence-electron chi connectivity index (χ0n) is 22.7. The number of fused-ring (bicyclic) bond motifs is 2. The highest BCUT2D eigenvalue weighted by Crippen LogP contribution is 2.24. The number of hydrogen-bond acceptors (Lipinski definition) is 7. The molecule has 2 atom stereocenters. The van der Waals surface area contributed by atoms with Crippen molar-refractivity contribution in [3.8, 4) is 5.75 Å².